The van der Waals surface area contributed by atoms with Gasteiger partial charge in [0, 0.05) is 13.0 Å². The van der Waals surface area contributed by atoms with Crippen LogP contribution in [-0.2, 0) is 18.9 Å². The first kappa shape index (κ1) is 20.0. The number of hydrogen-bond acceptors (Lipinski definition) is 8. The first-order valence-corrected chi connectivity index (χ1v) is 8.38. The summed E-state index contributed by atoms with van der Waals surface area (Å²) < 4.78 is 22.7. The number of likely N-dealkylation sites (N-methyl/N-ethyl adjacent to an activating group) is 1. The van der Waals surface area contributed by atoms with Crippen LogP contribution in [0.4, 0.5) is 0 Å². The van der Waals surface area contributed by atoms with Gasteiger partial charge in [-0.2, -0.15) is 0 Å². The van der Waals surface area contributed by atoms with Gasteiger partial charge >= 0.3 is 0 Å². The van der Waals surface area contributed by atoms with E-state index in [1.807, 2.05) is 13.8 Å². The molecule has 0 aromatic carbocycles. The zero-order valence-electron chi connectivity index (χ0n) is 15.2. The minimum atomic E-state index is -1.28. The summed E-state index contributed by atoms with van der Waals surface area (Å²) in [5.74, 6) is -0.0908. The van der Waals surface area contributed by atoms with Crippen molar-refractivity contribution in [1.29, 1.82) is 0 Å². The lowest BCUT2D eigenvalue weighted by Crippen LogP contribution is -2.65. The molecule has 0 bridgehead atoms. The maximum absolute atomic E-state index is 10.4. The number of aliphatic hydroxyl groups is 3. The SMILES string of the molecule is CO[C@H]1[C@H](O[C@@H]2C(C)OC(O)[C@H](O)[C@H]2N(C)C)O[C@H](C)[C@@H](C)[C@@H]1O. The van der Waals surface area contributed by atoms with E-state index in [1.165, 1.54) is 7.11 Å². The Balaban J connectivity index is 2.19. The molecule has 24 heavy (non-hydrogen) atoms. The van der Waals surface area contributed by atoms with Crippen molar-refractivity contribution < 1.29 is 34.3 Å². The van der Waals surface area contributed by atoms with Crippen LogP contribution in [0.15, 0.2) is 0 Å². The molecule has 0 spiro atoms. The number of ether oxygens (including phenoxy) is 4. The summed E-state index contributed by atoms with van der Waals surface area (Å²) in [5.41, 5.74) is 0. The fourth-order valence-electron chi connectivity index (χ4n) is 3.47. The third kappa shape index (κ3) is 3.76. The van der Waals surface area contributed by atoms with E-state index in [-0.39, 0.29) is 12.0 Å². The molecule has 10 atom stereocenters. The predicted molar refractivity (Wildman–Crippen MR) is 85.2 cm³/mol. The summed E-state index contributed by atoms with van der Waals surface area (Å²) in [5, 5.41) is 30.6. The van der Waals surface area contributed by atoms with Crippen LogP contribution in [0.5, 0.6) is 0 Å². The topological polar surface area (TPSA) is 101 Å². The summed E-state index contributed by atoms with van der Waals surface area (Å²) in [6.45, 7) is 5.54. The number of hydrogen-bond donors (Lipinski definition) is 3. The van der Waals surface area contributed by atoms with Gasteiger partial charge in [0.15, 0.2) is 12.6 Å². The third-order valence-electron chi connectivity index (χ3n) is 5.19. The van der Waals surface area contributed by atoms with Crippen LogP contribution in [0.3, 0.4) is 0 Å². The minimum absolute atomic E-state index is 0.0908. The highest BCUT2D eigenvalue weighted by Crippen LogP contribution is 2.32. The Morgan fingerprint density at radius 2 is 1.50 bits per heavy atom. The van der Waals surface area contributed by atoms with E-state index >= 15 is 0 Å². The van der Waals surface area contributed by atoms with Gasteiger partial charge in [0.25, 0.3) is 0 Å². The monoisotopic (exact) mass is 349 g/mol. The van der Waals surface area contributed by atoms with Crippen LogP contribution in [0.25, 0.3) is 0 Å². The van der Waals surface area contributed by atoms with Crippen molar-refractivity contribution in [3.8, 4) is 0 Å². The Morgan fingerprint density at radius 3 is 2.04 bits per heavy atom. The standard InChI is InChI=1S/C16H31NO7/c1-7-8(2)23-16(14(21-6)11(7)18)24-13-9(3)22-15(20)12(19)10(13)17(4)5/h7-16,18-20H,1-6H3/t7-,8-,9?,10-,11+,12-,13-,14-,15?,16+/m1/s1. The number of rotatable bonds is 4. The summed E-state index contributed by atoms with van der Waals surface area (Å²) >= 11 is 0. The lowest BCUT2D eigenvalue weighted by molar-refractivity contribution is -0.337. The lowest BCUT2D eigenvalue weighted by atomic mass is 9.91. The normalized spacial score (nSPS) is 50.2. The average Bonchev–Trinajstić information content (AvgIpc) is 2.50. The van der Waals surface area contributed by atoms with Crippen LogP contribution in [0.1, 0.15) is 20.8 Å². The molecule has 0 amide bonds. The van der Waals surface area contributed by atoms with Gasteiger partial charge in [-0.25, -0.2) is 0 Å². The lowest BCUT2D eigenvalue weighted by Gasteiger charge is -2.48. The minimum Gasteiger partial charge on any atom is -0.390 e. The Morgan fingerprint density at radius 1 is 0.875 bits per heavy atom. The van der Waals surface area contributed by atoms with Gasteiger partial charge in [0.1, 0.15) is 18.3 Å². The highest BCUT2D eigenvalue weighted by atomic mass is 16.7. The largest absolute Gasteiger partial charge is 0.390 e. The molecule has 2 aliphatic rings. The number of methoxy groups -OCH3 is 1. The number of nitrogens with zero attached hydrogens (tertiary/aromatic N) is 1. The van der Waals surface area contributed by atoms with Crippen molar-refractivity contribution in [2.45, 2.75) is 76.0 Å². The van der Waals surface area contributed by atoms with E-state index in [1.54, 1.807) is 25.9 Å². The van der Waals surface area contributed by atoms with E-state index in [0.717, 1.165) is 0 Å². The summed E-state index contributed by atoms with van der Waals surface area (Å²) in [4.78, 5) is 1.78. The van der Waals surface area contributed by atoms with E-state index in [2.05, 4.69) is 0 Å². The molecule has 2 fully saturated rings. The van der Waals surface area contributed by atoms with Gasteiger partial charge in [-0.1, -0.05) is 6.92 Å². The second-order valence-electron chi connectivity index (χ2n) is 7.04. The Bertz CT molecular complexity index is 410. The summed E-state index contributed by atoms with van der Waals surface area (Å²) in [6.07, 6.45) is -5.79. The molecular formula is C16H31NO7. The Kier molecular flexibility index (Phi) is 6.60. The molecule has 2 unspecified atom stereocenters. The van der Waals surface area contributed by atoms with Crippen molar-refractivity contribution in [2.75, 3.05) is 21.2 Å². The smallest absolute Gasteiger partial charge is 0.187 e. The van der Waals surface area contributed by atoms with Gasteiger partial charge < -0.3 is 39.2 Å². The molecule has 8 heteroatoms. The first-order chi connectivity index (χ1) is 11.2. The maximum Gasteiger partial charge on any atom is 0.187 e. The second kappa shape index (κ2) is 7.92. The quantitative estimate of drug-likeness (QED) is 0.604. The van der Waals surface area contributed by atoms with Gasteiger partial charge in [-0.05, 0) is 27.9 Å². The molecule has 2 aliphatic heterocycles. The Labute approximate surface area is 143 Å². The van der Waals surface area contributed by atoms with Gasteiger partial charge in [0.2, 0.25) is 0 Å². The van der Waals surface area contributed by atoms with Crippen molar-refractivity contribution in [3.63, 3.8) is 0 Å². The van der Waals surface area contributed by atoms with Crippen LogP contribution < -0.4 is 0 Å². The summed E-state index contributed by atoms with van der Waals surface area (Å²) in [6, 6.07) is -0.489. The third-order valence-corrected chi connectivity index (χ3v) is 5.19. The molecule has 0 radical (unpaired) electrons. The molecule has 2 saturated heterocycles. The molecule has 0 aromatic rings. The van der Waals surface area contributed by atoms with Crippen molar-refractivity contribution in [3.05, 3.63) is 0 Å². The van der Waals surface area contributed by atoms with Gasteiger partial charge in [-0.15, -0.1) is 0 Å². The number of aliphatic hydroxyl groups excluding tert-OH is 3. The van der Waals surface area contributed by atoms with Crippen LogP contribution >= 0.6 is 0 Å². The predicted octanol–water partition coefficient (Wildman–Crippen LogP) is -0.843. The summed E-state index contributed by atoms with van der Waals surface area (Å²) in [7, 11) is 5.09. The molecular weight excluding hydrogens is 318 g/mol. The molecule has 3 N–H and O–H groups in total. The zero-order valence-corrected chi connectivity index (χ0v) is 15.2. The highest BCUT2D eigenvalue weighted by molar-refractivity contribution is 4.95. The fourth-order valence-corrected chi connectivity index (χ4v) is 3.47. The first-order valence-electron chi connectivity index (χ1n) is 8.38. The zero-order chi connectivity index (χ0) is 18.2. The van der Waals surface area contributed by atoms with Gasteiger partial charge in [0.05, 0.1) is 24.4 Å². The Hall–Kier alpha value is -0.320. The average molecular weight is 349 g/mol. The van der Waals surface area contributed by atoms with E-state index in [4.69, 9.17) is 18.9 Å². The van der Waals surface area contributed by atoms with Crippen molar-refractivity contribution >= 4 is 0 Å². The molecule has 0 aliphatic carbocycles. The molecule has 0 aromatic heterocycles. The van der Waals surface area contributed by atoms with Crippen LogP contribution in [-0.4, -0.2) is 96.7 Å². The molecule has 8 nitrogen and oxygen atoms in total. The highest BCUT2D eigenvalue weighted by Gasteiger charge is 2.49. The molecule has 142 valence electrons. The van der Waals surface area contributed by atoms with Crippen LogP contribution in [0, 0.1) is 5.92 Å². The van der Waals surface area contributed by atoms with Crippen LogP contribution in [0.2, 0.25) is 0 Å². The molecule has 2 rings (SSSR count). The van der Waals surface area contributed by atoms with Gasteiger partial charge in [-0.3, -0.25) is 0 Å². The molecule has 2 heterocycles. The van der Waals surface area contributed by atoms with E-state index in [9.17, 15) is 15.3 Å². The second-order valence-corrected chi connectivity index (χ2v) is 7.04. The van der Waals surface area contributed by atoms with E-state index in [0.29, 0.717) is 0 Å². The van der Waals surface area contributed by atoms with Crippen molar-refractivity contribution in [1.82, 2.24) is 4.90 Å². The fraction of sp³-hybridized carbons (Fsp3) is 1.00. The van der Waals surface area contributed by atoms with Crippen molar-refractivity contribution in [2.24, 2.45) is 5.92 Å². The molecule has 0 saturated carbocycles. The maximum atomic E-state index is 10.4. The van der Waals surface area contributed by atoms with E-state index < -0.39 is 49.1 Å².